The number of rotatable bonds is 4. The molecule has 0 aliphatic rings. The van der Waals surface area contributed by atoms with Crippen LogP contribution in [-0.4, -0.2) is 43.2 Å². The third kappa shape index (κ3) is 2.92. The maximum absolute atomic E-state index is 11.6. The Morgan fingerprint density at radius 3 is 2.93 bits per heavy atom. The molecular weight excluding hydrogens is 194 g/mol. The van der Waals surface area contributed by atoms with E-state index >= 15 is 0 Å². The Balaban J connectivity index is 2.87. The fraction of sp³-hybridized carbons (Fsp3) is 0.400. The molecule has 15 heavy (non-hydrogen) atoms. The minimum atomic E-state index is -0.221. The van der Waals surface area contributed by atoms with Crippen LogP contribution in [0.5, 0.6) is 0 Å². The lowest BCUT2D eigenvalue weighted by atomic mass is 10.2. The summed E-state index contributed by atoms with van der Waals surface area (Å²) in [5, 5.41) is 11.2. The second-order valence-electron chi connectivity index (χ2n) is 3.25. The molecule has 5 nitrogen and oxygen atoms in total. The van der Waals surface area contributed by atoms with Gasteiger partial charge in [0.25, 0.3) is 5.91 Å². The second kappa shape index (κ2) is 5.31. The van der Waals surface area contributed by atoms with E-state index in [2.05, 4.69) is 10.3 Å². The number of aromatic nitrogens is 1. The molecule has 1 amide bonds. The quantitative estimate of drug-likeness (QED) is 0.725. The van der Waals surface area contributed by atoms with Gasteiger partial charge in [-0.1, -0.05) is 0 Å². The fourth-order valence-electron chi connectivity index (χ4n) is 1.20. The molecule has 1 aromatic heterocycles. The summed E-state index contributed by atoms with van der Waals surface area (Å²) >= 11 is 0. The summed E-state index contributed by atoms with van der Waals surface area (Å²) in [4.78, 5) is 17.5. The molecule has 0 bridgehead atoms. The Labute approximate surface area is 88.7 Å². The molecule has 0 aromatic carbocycles. The summed E-state index contributed by atoms with van der Waals surface area (Å²) in [6.07, 6.45) is 1.64. The lowest BCUT2D eigenvalue weighted by Crippen LogP contribution is -2.28. The summed E-state index contributed by atoms with van der Waals surface area (Å²) in [6, 6.07) is 3.41. The van der Waals surface area contributed by atoms with Crippen molar-refractivity contribution in [1.82, 2.24) is 10.3 Å². The molecule has 0 aliphatic heterocycles. The Kier molecular flexibility index (Phi) is 4.05. The highest BCUT2D eigenvalue weighted by atomic mass is 16.3. The van der Waals surface area contributed by atoms with Crippen LogP contribution in [0.1, 0.15) is 10.4 Å². The van der Waals surface area contributed by atoms with Crippen molar-refractivity contribution >= 4 is 11.7 Å². The van der Waals surface area contributed by atoms with Crippen LogP contribution in [0.2, 0.25) is 0 Å². The van der Waals surface area contributed by atoms with Gasteiger partial charge in [-0.15, -0.1) is 0 Å². The molecule has 0 aliphatic carbocycles. The molecule has 82 valence electrons. The number of carbonyl (C=O) groups excluding carboxylic acids is 1. The van der Waals surface area contributed by atoms with Gasteiger partial charge in [-0.2, -0.15) is 0 Å². The van der Waals surface area contributed by atoms with Gasteiger partial charge in [0.15, 0.2) is 0 Å². The Morgan fingerprint density at radius 1 is 1.60 bits per heavy atom. The molecule has 0 spiro atoms. The number of nitrogens with zero attached hydrogens (tertiary/aromatic N) is 2. The SMILES string of the molecule is CN(C)c1ncccc1C(=O)NCCO. The molecule has 5 heteroatoms. The van der Waals surface area contributed by atoms with E-state index in [1.807, 2.05) is 14.1 Å². The van der Waals surface area contributed by atoms with E-state index in [1.165, 1.54) is 0 Å². The zero-order valence-corrected chi connectivity index (χ0v) is 8.90. The minimum Gasteiger partial charge on any atom is -0.395 e. The maximum atomic E-state index is 11.6. The molecule has 0 unspecified atom stereocenters. The Morgan fingerprint density at radius 2 is 2.33 bits per heavy atom. The van der Waals surface area contributed by atoms with Gasteiger partial charge in [0.05, 0.1) is 12.2 Å². The van der Waals surface area contributed by atoms with Crippen LogP contribution < -0.4 is 10.2 Å². The van der Waals surface area contributed by atoms with Crippen molar-refractivity contribution in [2.45, 2.75) is 0 Å². The third-order valence-corrected chi connectivity index (χ3v) is 1.85. The van der Waals surface area contributed by atoms with Crippen LogP contribution in [0.25, 0.3) is 0 Å². The number of hydrogen-bond acceptors (Lipinski definition) is 4. The molecular formula is C10H15N3O2. The summed E-state index contributed by atoms with van der Waals surface area (Å²) in [7, 11) is 3.65. The van der Waals surface area contributed by atoms with Crippen molar-refractivity contribution in [3.8, 4) is 0 Å². The van der Waals surface area contributed by atoms with E-state index in [1.54, 1.807) is 23.2 Å². The van der Waals surface area contributed by atoms with Crippen molar-refractivity contribution in [3.63, 3.8) is 0 Å². The highest BCUT2D eigenvalue weighted by Crippen LogP contribution is 2.13. The molecule has 1 heterocycles. The average molecular weight is 209 g/mol. The largest absolute Gasteiger partial charge is 0.395 e. The van der Waals surface area contributed by atoms with Crippen LogP contribution in [-0.2, 0) is 0 Å². The average Bonchev–Trinajstić information content (AvgIpc) is 2.25. The zero-order chi connectivity index (χ0) is 11.3. The first kappa shape index (κ1) is 11.5. The number of aliphatic hydroxyl groups excluding tert-OH is 1. The van der Waals surface area contributed by atoms with Crippen LogP contribution in [0.15, 0.2) is 18.3 Å². The number of carbonyl (C=O) groups is 1. The number of hydrogen-bond donors (Lipinski definition) is 2. The van der Waals surface area contributed by atoms with Crippen molar-refractivity contribution in [1.29, 1.82) is 0 Å². The van der Waals surface area contributed by atoms with E-state index in [9.17, 15) is 4.79 Å². The van der Waals surface area contributed by atoms with E-state index in [4.69, 9.17) is 5.11 Å². The summed E-state index contributed by atoms with van der Waals surface area (Å²) in [6.45, 7) is 0.184. The fourth-order valence-corrected chi connectivity index (χ4v) is 1.20. The summed E-state index contributed by atoms with van der Waals surface area (Å²) < 4.78 is 0. The molecule has 0 saturated heterocycles. The summed E-state index contributed by atoms with van der Waals surface area (Å²) in [5.41, 5.74) is 0.510. The van der Waals surface area contributed by atoms with Gasteiger partial charge in [-0.05, 0) is 12.1 Å². The lowest BCUT2D eigenvalue weighted by molar-refractivity contribution is 0.0945. The van der Waals surface area contributed by atoms with Gasteiger partial charge in [-0.3, -0.25) is 4.79 Å². The third-order valence-electron chi connectivity index (χ3n) is 1.85. The van der Waals surface area contributed by atoms with Gasteiger partial charge in [0.2, 0.25) is 0 Å². The second-order valence-corrected chi connectivity index (χ2v) is 3.25. The summed E-state index contributed by atoms with van der Waals surface area (Å²) in [5.74, 6) is 0.397. The number of anilines is 1. The molecule has 1 rings (SSSR count). The smallest absolute Gasteiger partial charge is 0.255 e. The van der Waals surface area contributed by atoms with Crippen molar-refractivity contribution < 1.29 is 9.90 Å². The highest BCUT2D eigenvalue weighted by molar-refractivity contribution is 5.98. The van der Waals surface area contributed by atoms with Crippen molar-refractivity contribution in [2.24, 2.45) is 0 Å². The number of pyridine rings is 1. The van der Waals surface area contributed by atoms with Gasteiger partial charge < -0.3 is 15.3 Å². The molecule has 0 radical (unpaired) electrons. The van der Waals surface area contributed by atoms with Crippen LogP contribution in [0.3, 0.4) is 0 Å². The number of amides is 1. The number of nitrogens with one attached hydrogen (secondary N) is 1. The normalized spacial score (nSPS) is 9.80. The molecule has 0 atom stereocenters. The molecule has 1 aromatic rings. The highest BCUT2D eigenvalue weighted by Gasteiger charge is 2.12. The lowest BCUT2D eigenvalue weighted by Gasteiger charge is -2.15. The Bertz CT molecular complexity index is 339. The van der Waals surface area contributed by atoms with Crippen molar-refractivity contribution in [3.05, 3.63) is 23.9 Å². The predicted molar refractivity (Wildman–Crippen MR) is 58.0 cm³/mol. The molecule has 0 fully saturated rings. The maximum Gasteiger partial charge on any atom is 0.255 e. The van der Waals surface area contributed by atoms with E-state index in [0.29, 0.717) is 11.4 Å². The Hall–Kier alpha value is -1.62. The van der Waals surface area contributed by atoms with Gasteiger partial charge in [-0.25, -0.2) is 4.98 Å². The monoisotopic (exact) mass is 209 g/mol. The van der Waals surface area contributed by atoms with E-state index in [0.717, 1.165) is 0 Å². The van der Waals surface area contributed by atoms with Gasteiger partial charge >= 0.3 is 0 Å². The van der Waals surface area contributed by atoms with Gasteiger partial charge in [0, 0.05) is 26.8 Å². The van der Waals surface area contributed by atoms with E-state index in [-0.39, 0.29) is 19.1 Å². The number of aliphatic hydroxyl groups is 1. The predicted octanol–water partition coefficient (Wildman–Crippen LogP) is -0.130. The molecule has 0 saturated carbocycles. The van der Waals surface area contributed by atoms with Crippen molar-refractivity contribution in [2.75, 3.05) is 32.1 Å². The van der Waals surface area contributed by atoms with Gasteiger partial charge in [0.1, 0.15) is 5.82 Å². The van der Waals surface area contributed by atoms with E-state index < -0.39 is 0 Å². The standard InChI is InChI=1S/C10H15N3O2/c1-13(2)9-8(4-3-5-11-9)10(15)12-6-7-14/h3-5,14H,6-7H2,1-2H3,(H,12,15). The minimum absolute atomic E-state index is 0.0662. The van der Waals surface area contributed by atoms with Crippen LogP contribution in [0, 0.1) is 0 Å². The molecule has 2 N–H and O–H groups in total. The first-order valence-electron chi connectivity index (χ1n) is 4.68. The first-order chi connectivity index (χ1) is 7.16. The van der Waals surface area contributed by atoms with Crippen LogP contribution in [0.4, 0.5) is 5.82 Å². The topological polar surface area (TPSA) is 65.5 Å². The first-order valence-corrected chi connectivity index (χ1v) is 4.68. The zero-order valence-electron chi connectivity index (χ0n) is 8.90. The van der Waals surface area contributed by atoms with Crippen LogP contribution >= 0.6 is 0 Å².